The van der Waals surface area contributed by atoms with E-state index in [1.807, 2.05) is 41.4 Å². The Hall–Kier alpha value is -3.00. The Labute approximate surface area is 198 Å². The van der Waals surface area contributed by atoms with Crippen LogP contribution in [0.15, 0.2) is 40.8 Å². The lowest BCUT2D eigenvalue weighted by molar-refractivity contribution is 0.0995. The number of amides is 1. The van der Waals surface area contributed by atoms with Crippen molar-refractivity contribution in [2.75, 3.05) is 5.32 Å². The number of primary amides is 1. The smallest absolute Gasteiger partial charge is 0.273 e. The van der Waals surface area contributed by atoms with Crippen LogP contribution >= 0.6 is 11.5 Å². The van der Waals surface area contributed by atoms with E-state index in [1.165, 1.54) is 17.1 Å². The molecule has 0 atom stereocenters. The summed E-state index contributed by atoms with van der Waals surface area (Å²) >= 11 is 1.41. The van der Waals surface area contributed by atoms with E-state index in [2.05, 4.69) is 28.5 Å². The Morgan fingerprint density at radius 2 is 2.00 bits per heavy atom. The van der Waals surface area contributed by atoms with E-state index in [4.69, 9.17) is 5.73 Å². The molecule has 1 fully saturated rings. The van der Waals surface area contributed by atoms with Crippen molar-refractivity contribution in [1.29, 1.82) is 0 Å². The topological polar surface area (TPSA) is 103 Å². The van der Waals surface area contributed by atoms with Crippen LogP contribution in [0, 0.1) is 12.8 Å². The maximum Gasteiger partial charge on any atom is 0.273 e. The molecule has 4 rings (SSSR count). The van der Waals surface area contributed by atoms with Crippen LogP contribution in [-0.2, 0) is 6.54 Å². The van der Waals surface area contributed by atoms with Crippen molar-refractivity contribution in [1.82, 2.24) is 13.9 Å². The molecule has 0 spiro atoms. The number of hydrogen-bond donors (Lipinski definition) is 2. The summed E-state index contributed by atoms with van der Waals surface area (Å²) in [6.45, 7) is 6.85. The molecule has 0 radical (unpaired) electrons. The zero-order valence-corrected chi connectivity index (χ0v) is 20.2. The van der Waals surface area contributed by atoms with Gasteiger partial charge in [0.1, 0.15) is 11.4 Å². The fraction of sp³-hybridized carbons (Fsp3) is 0.440. The molecule has 1 saturated carbocycles. The highest BCUT2D eigenvalue weighted by Crippen LogP contribution is 2.35. The van der Waals surface area contributed by atoms with E-state index in [9.17, 15) is 9.59 Å². The van der Waals surface area contributed by atoms with Crippen LogP contribution in [-0.4, -0.2) is 25.9 Å². The molecule has 0 unspecified atom stereocenters. The Morgan fingerprint density at radius 3 is 2.61 bits per heavy atom. The van der Waals surface area contributed by atoms with Gasteiger partial charge in [-0.3, -0.25) is 9.59 Å². The number of nitrogens with one attached hydrogen (secondary N) is 1. The minimum absolute atomic E-state index is 0.0276. The third-order valence-corrected chi connectivity index (χ3v) is 6.91. The molecule has 1 aliphatic carbocycles. The van der Waals surface area contributed by atoms with Crippen LogP contribution in [0.3, 0.4) is 0 Å². The third kappa shape index (κ3) is 5.33. The molecular weight excluding hydrogens is 434 g/mol. The van der Waals surface area contributed by atoms with Gasteiger partial charge in [0.15, 0.2) is 0 Å². The van der Waals surface area contributed by atoms with Crippen molar-refractivity contribution in [2.24, 2.45) is 11.7 Å². The fourth-order valence-electron chi connectivity index (χ4n) is 4.68. The summed E-state index contributed by atoms with van der Waals surface area (Å²) in [5, 5.41) is 5.56. The van der Waals surface area contributed by atoms with Crippen molar-refractivity contribution in [3.8, 4) is 11.1 Å². The molecule has 3 aromatic rings. The zero-order valence-electron chi connectivity index (χ0n) is 19.4. The second kappa shape index (κ2) is 9.87. The monoisotopic (exact) mass is 465 g/mol. The first-order valence-corrected chi connectivity index (χ1v) is 12.3. The fourth-order valence-corrected chi connectivity index (χ4v) is 5.23. The van der Waals surface area contributed by atoms with Gasteiger partial charge in [0, 0.05) is 47.2 Å². The Kier molecular flexibility index (Phi) is 6.93. The second-order valence-corrected chi connectivity index (χ2v) is 9.99. The summed E-state index contributed by atoms with van der Waals surface area (Å²) < 4.78 is 6.04. The van der Waals surface area contributed by atoms with Crippen molar-refractivity contribution in [3.63, 3.8) is 0 Å². The molecule has 33 heavy (non-hydrogen) atoms. The molecule has 7 nitrogen and oxygen atoms in total. The largest absolute Gasteiger partial charge is 0.378 e. The normalized spacial score (nSPS) is 18.4. The van der Waals surface area contributed by atoms with E-state index in [-0.39, 0.29) is 11.6 Å². The summed E-state index contributed by atoms with van der Waals surface area (Å²) in [6.07, 6.45) is 7.73. The predicted molar refractivity (Wildman–Crippen MR) is 133 cm³/mol. The lowest BCUT2D eigenvalue weighted by Gasteiger charge is -2.30. The van der Waals surface area contributed by atoms with Gasteiger partial charge in [-0.15, -0.1) is 0 Å². The molecule has 8 heteroatoms. The SMILES string of the molecule is Cc1nc(C(N)=O)ccc1C1CCC(Nc2cc(-c3cnsc3)cn(CC(C)C)c2=O)CC1. The minimum atomic E-state index is -0.499. The molecule has 3 N–H and O–H groups in total. The summed E-state index contributed by atoms with van der Waals surface area (Å²) in [5.74, 6) is 0.277. The Bertz CT molecular complexity index is 1180. The van der Waals surface area contributed by atoms with E-state index < -0.39 is 5.91 Å². The van der Waals surface area contributed by atoms with Gasteiger partial charge in [-0.25, -0.2) is 9.36 Å². The highest BCUT2D eigenvalue weighted by molar-refractivity contribution is 7.03. The molecule has 0 bridgehead atoms. The van der Waals surface area contributed by atoms with Gasteiger partial charge in [0.05, 0.1) is 0 Å². The van der Waals surface area contributed by atoms with Crippen LogP contribution in [0.2, 0.25) is 0 Å². The first kappa shape index (κ1) is 23.2. The van der Waals surface area contributed by atoms with Crippen molar-refractivity contribution < 1.29 is 4.79 Å². The average molecular weight is 466 g/mol. The van der Waals surface area contributed by atoms with Crippen LogP contribution < -0.4 is 16.6 Å². The number of aryl methyl sites for hydroxylation is 1. The quantitative estimate of drug-likeness (QED) is 0.532. The van der Waals surface area contributed by atoms with Gasteiger partial charge in [0.2, 0.25) is 0 Å². The summed E-state index contributed by atoms with van der Waals surface area (Å²) in [7, 11) is 0. The lowest BCUT2D eigenvalue weighted by atomic mass is 9.81. The van der Waals surface area contributed by atoms with Crippen molar-refractivity contribution >= 4 is 23.1 Å². The first-order valence-electron chi connectivity index (χ1n) is 11.5. The Balaban J connectivity index is 1.50. The van der Waals surface area contributed by atoms with Gasteiger partial charge < -0.3 is 15.6 Å². The molecule has 1 aliphatic rings. The number of nitrogens with two attached hydrogens (primary N) is 1. The molecule has 0 saturated heterocycles. The van der Waals surface area contributed by atoms with Crippen LogP contribution in [0.4, 0.5) is 5.69 Å². The lowest BCUT2D eigenvalue weighted by Crippen LogP contribution is -2.31. The van der Waals surface area contributed by atoms with Gasteiger partial charge >= 0.3 is 0 Å². The summed E-state index contributed by atoms with van der Waals surface area (Å²) in [6, 6.07) is 5.92. The number of hydrogen-bond acceptors (Lipinski definition) is 6. The second-order valence-electron chi connectivity index (χ2n) is 9.34. The maximum absolute atomic E-state index is 13.2. The number of rotatable bonds is 7. The number of pyridine rings is 2. The van der Waals surface area contributed by atoms with E-state index in [0.29, 0.717) is 29.8 Å². The molecule has 174 valence electrons. The zero-order chi connectivity index (χ0) is 23.5. The maximum atomic E-state index is 13.2. The van der Waals surface area contributed by atoms with E-state index in [0.717, 1.165) is 42.5 Å². The van der Waals surface area contributed by atoms with Gasteiger partial charge in [-0.2, -0.15) is 0 Å². The summed E-state index contributed by atoms with van der Waals surface area (Å²) in [4.78, 5) is 28.9. The Morgan fingerprint density at radius 1 is 1.24 bits per heavy atom. The van der Waals surface area contributed by atoms with Crippen molar-refractivity contribution in [3.05, 3.63) is 63.3 Å². The van der Waals surface area contributed by atoms with Gasteiger partial charge in [-0.1, -0.05) is 19.9 Å². The highest BCUT2D eigenvalue weighted by Gasteiger charge is 2.25. The van der Waals surface area contributed by atoms with Gasteiger partial charge in [0.25, 0.3) is 11.5 Å². The highest BCUT2D eigenvalue weighted by atomic mass is 32.1. The number of nitrogens with zero attached hydrogens (tertiary/aromatic N) is 3. The number of anilines is 1. The molecule has 0 aromatic carbocycles. The van der Waals surface area contributed by atoms with E-state index >= 15 is 0 Å². The minimum Gasteiger partial charge on any atom is -0.378 e. The average Bonchev–Trinajstić information content (AvgIpc) is 3.31. The molecular formula is C25H31N5O2S. The van der Waals surface area contributed by atoms with Gasteiger partial charge in [-0.05, 0) is 73.7 Å². The van der Waals surface area contributed by atoms with Crippen LogP contribution in [0.25, 0.3) is 11.1 Å². The third-order valence-electron chi connectivity index (χ3n) is 6.32. The number of carbonyl (C=O) groups is 1. The summed E-state index contributed by atoms with van der Waals surface area (Å²) in [5.41, 5.74) is 10.5. The number of aromatic nitrogens is 3. The first-order chi connectivity index (χ1) is 15.8. The van der Waals surface area contributed by atoms with Crippen molar-refractivity contribution in [2.45, 2.75) is 65.0 Å². The van der Waals surface area contributed by atoms with Crippen LogP contribution in [0.1, 0.15) is 67.2 Å². The molecule has 1 amide bonds. The standard InChI is InChI=1S/C25H31N5O2S/c1-15(2)12-30-13-18(19-11-27-33-14-19)10-23(25(30)32)29-20-6-4-17(5-7-20)21-8-9-22(24(26)31)28-16(21)3/h8-11,13-15,17,20,29H,4-7,12H2,1-3H3,(H2,26,31). The van der Waals surface area contributed by atoms with Crippen LogP contribution in [0.5, 0.6) is 0 Å². The molecule has 3 aromatic heterocycles. The predicted octanol–water partition coefficient (Wildman–Crippen LogP) is 4.57. The molecule has 0 aliphatic heterocycles. The number of carbonyl (C=O) groups excluding carboxylic acids is 1. The molecule has 3 heterocycles. The van der Waals surface area contributed by atoms with E-state index in [1.54, 1.807) is 6.07 Å².